The van der Waals surface area contributed by atoms with Gasteiger partial charge < -0.3 is 4.90 Å². The van der Waals surface area contributed by atoms with Crippen LogP contribution in [-0.2, 0) is 10.0 Å². The zero-order valence-corrected chi connectivity index (χ0v) is 13.7. The lowest BCUT2D eigenvalue weighted by atomic mass is 10.2. The highest BCUT2D eigenvalue weighted by atomic mass is 79.9. The van der Waals surface area contributed by atoms with Gasteiger partial charge in [0.25, 0.3) is 0 Å². The molecule has 0 amide bonds. The molecule has 19 heavy (non-hydrogen) atoms. The van der Waals surface area contributed by atoms with E-state index in [1.807, 2.05) is 19.1 Å². The third kappa shape index (κ3) is 3.18. The van der Waals surface area contributed by atoms with Crippen LogP contribution in [0.1, 0.15) is 12.5 Å². The number of likely N-dealkylation sites (N-methyl/N-ethyl adjacent to an activating group) is 1. The predicted octanol–water partition coefficient (Wildman–Crippen LogP) is 2.08. The van der Waals surface area contributed by atoms with Gasteiger partial charge in [-0.3, -0.25) is 0 Å². The number of hydrogen-bond donors (Lipinski definition) is 0. The number of aryl methyl sites for hydroxylation is 1. The van der Waals surface area contributed by atoms with Crippen molar-refractivity contribution in [2.24, 2.45) is 0 Å². The van der Waals surface area contributed by atoms with Gasteiger partial charge in [0.05, 0.1) is 4.90 Å². The second kappa shape index (κ2) is 5.91. The van der Waals surface area contributed by atoms with E-state index in [2.05, 4.69) is 27.8 Å². The second-order valence-corrected chi connectivity index (χ2v) is 7.57. The Kier molecular flexibility index (Phi) is 4.66. The number of nitrogens with zero attached hydrogens (tertiary/aromatic N) is 2. The lowest BCUT2D eigenvalue weighted by Gasteiger charge is -2.33. The summed E-state index contributed by atoms with van der Waals surface area (Å²) < 4.78 is 27.7. The molecule has 0 aromatic heterocycles. The van der Waals surface area contributed by atoms with E-state index in [0.29, 0.717) is 18.0 Å². The number of rotatable bonds is 3. The van der Waals surface area contributed by atoms with Gasteiger partial charge in [0.1, 0.15) is 0 Å². The van der Waals surface area contributed by atoms with Gasteiger partial charge in [0.15, 0.2) is 0 Å². The molecule has 2 rings (SSSR count). The van der Waals surface area contributed by atoms with Gasteiger partial charge in [-0.2, -0.15) is 4.31 Å². The highest BCUT2D eigenvalue weighted by Gasteiger charge is 2.29. The lowest BCUT2D eigenvalue weighted by Crippen LogP contribution is -2.48. The van der Waals surface area contributed by atoms with Gasteiger partial charge in [-0.15, -0.1) is 0 Å². The SMILES string of the molecule is CCN1CCN(S(=O)(=O)c2cc(Br)ccc2C)CC1. The van der Waals surface area contributed by atoms with E-state index in [4.69, 9.17) is 0 Å². The first-order chi connectivity index (χ1) is 8.95. The molecule has 1 fully saturated rings. The predicted molar refractivity (Wildman–Crippen MR) is 79.8 cm³/mol. The number of hydrogen-bond acceptors (Lipinski definition) is 3. The van der Waals surface area contributed by atoms with Gasteiger partial charge in [0.2, 0.25) is 10.0 Å². The monoisotopic (exact) mass is 346 g/mol. The summed E-state index contributed by atoms with van der Waals surface area (Å²) >= 11 is 3.34. The van der Waals surface area contributed by atoms with E-state index in [0.717, 1.165) is 29.7 Å². The van der Waals surface area contributed by atoms with Crippen LogP contribution in [0.2, 0.25) is 0 Å². The van der Waals surface area contributed by atoms with Crippen molar-refractivity contribution in [2.75, 3.05) is 32.7 Å². The minimum absolute atomic E-state index is 0.409. The fraction of sp³-hybridized carbons (Fsp3) is 0.538. The maximum Gasteiger partial charge on any atom is 0.243 e. The molecule has 0 bridgehead atoms. The normalized spacial score (nSPS) is 18.7. The fourth-order valence-electron chi connectivity index (χ4n) is 2.28. The van der Waals surface area contributed by atoms with E-state index in [1.54, 1.807) is 10.4 Å². The molecule has 1 saturated heterocycles. The average Bonchev–Trinajstić information content (AvgIpc) is 2.41. The largest absolute Gasteiger partial charge is 0.301 e. The first-order valence-corrected chi connectivity index (χ1v) is 8.67. The zero-order chi connectivity index (χ0) is 14.0. The summed E-state index contributed by atoms with van der Waals surface area (Å²) in [5, 5.41) is 0. The molecule has 0 radical (unpaired) electrons. The summed E-state index contributed by atoms with van der Waals surface area (Å²) in [7, 11) is -3.37. The molecule has 6 heteroatoms. The van der Waals surface area contributed by atoms with Crippen LogP contribution in [0.5, 0.6) is 0 Å². The maximum absolute atomic E-state index is 12.6. The Bertz CT molecular complexity index is 552. The van der Waals surface area contributed by atoms with Crippen LogP contribution in [0.3, 0.4) is 0 Å². The number of benzene rings is 1. The smallest absolute Gasteiger partial charge is 0.243 e. The Morgan fingerprint density at radius 2 is 1.84 bits per heavy atom. The lowest BCUT2D eigenvalue weighted by molar-refractivity contribution is 0.196. The van der Waals surface area contributed by atoms with Crippen LogP contribution in [0.25, 0.3) is 0 Å². The molecule has 1 aliphatic heterocycles. The maximum atomic E-state index is 12.6. The molecule has 0 atom stereocenters. The molecule has 1 heterocycles. The third-order valence-electron chi connectivity index (χ3n) is 3.55. The quantitative estimate of drug-likeness (QED) is 0.841. The van der Waals surface area contributed by atoms with Crippen LogP contribution in [0, 0.1) is 6.92 Å². The molecule has 0 spiro atoms. The van der Waals surface area contributed by atoms with Crippen LogP contribution >= 0.6 is 15.9 Å². The van der Waals surface area contributed by atoms with Crippen molar-refractivity contribution in [2.45, 2.75) is 18.7 Å². The van der Waals surface area contributed by atoms with Gasteiger partial charge in [-0.25, -0.2) is 8.42 Å². The fourth-order valence-corrected chi connectivity index (χ4v) is 4.46. The van der Waals surface area contributed by atoms with Crippen molar-refractivity contribution in [3.05, 3.63) is 28.2 Å². The van der Waals surface area contributed by atoms with Crippen molar-refractivity contribution in [3.8, 4) is 0 Å². The zero-order valence-electron chi connectivity index (χ0n) is 11.3. The molecule has 4 nitrogen and oxygen atoms in total. The number of sulfonamides is 1. The Morgan fingerprint density at radius 3 is 2.42 bits per heavy atom. The van der Waals surface area contributed by atoms with E-state index >= 15 is 0 Å². The average molecular weight is 347 g/mol. The molecule has 1 aromatic rings. The van der Waals surface area contributed by atoms with Crippen molar-refractivity contribution < 1.29 is 8.42 Å². The summed E-state index contributed by atoms with van der Waals surface area (Å²) in [5.74, 6) is 0. The number of piperazine rings is 1. The van der Waals surface area contributed by atoms with Crippen LogP contribution in [0.15, 0.2) is 27.6 Å². The molecule has 106 valence electrons. The van der Waals surface area contributed by atoms with Crippen LogP contribution < -0.4 is 0 Å². The Balaban J connectivity index is 2.26. The molecule has 1 aromatic carbocycles. The molecule has 0 unspecified atom stereocenters. The molecule has 0 saturated carbocycles. The second-order valence-electron chi connectivity index (χ2n) is 4.75. The first kappa shape index (κ1) is 15.0. The van der Waals surface area contributed by atoms with E-state index in [-0.39, 0.29) is 0 Å². The third-order valence-corrected chi connectivity index (χ3v) is 6.08. The van der Waals surface area contributed by atoms with E-state index in [1.165, 1.54) is 0 Å². The summed E-state index contributed by atoms with van der Waals surface area (Å²) in [4.78, 5) is 2.67. The summed E-state index contributed by atoms with van der Waals surface area (Å²) in [6.45, 7) is 7.67. The molecular weight excluding hydrogens is 328 g/mol. The molecule has 1 aliphatic rings. The first-order valence-electron chi connectivity index (χ1n) is 6.44. The van der Waals surface area contributed by atoms with Crippen LogP contribution in [-0.4, -0.2) is 50.3 Å². The minimum atomic E-state index is -3.37. The highest BCUT2D eigenvalue weighted by molar-refractivity contribution is 9.10. The van der Waals surface area contributed by atoms with E-state index < -0.39 is 10.0 Å². The standard InChI is InChI=1S/C13H19BrN2O2S/c1-3-15-6-8-16(9-7-15)19(17,18)13-10-12(14)5-4-11(13)2/h4-5,10H,3,6-9H2,1-2H3. The highest BCUT2D eigenvalue weighted by Crippen LogP contribution is 2.24. The molecule has 0 aliphatic carbocycles. The van der Waals surface area contributed by atoms with Crippen molar-refractivity contribution in [3.63, 3.8) is 0 Å². The molecule has 0 N–H and O–H groups in total. The summed E-state index contributed by atoms with van der Waals surface area (Å²) in [6, 6.07) is 5.39. The topological polar surface area (TPSA) is 40.6 Å². The minimum Gasteiger partial charge on any atom is -0.301 e. The van der Waals surface area contributed by atoms with Gasteiger partial charge in [-0.05, 0) is 31.2 Å². The van der Waals surface area contributed by atoms with Crippen molar-refractivity contribution in [1.29, 1.82) is 0 Å². The van der Waals surface area contributed by atoms with Crippen molar-refractivity contribution in [1.82, 2.24) is 9.21 Å². The van der Waals surface area contributed by atoms with Gasteiger partial charge in [0, 0.05) is 30.7 Å². The molecular formula is C13H19BrN2O2S. The Hall–Kier alpha value is -0.430. The Labute approximate surface area is 123 Å². The van der Waals surface area contributed by atoms with Gasteiger partial charge in [-0.1, -0.05) is 28.9 Å². The summed E-state index contributed by atoms with van der Waals surface area (Å²) in [5.41, 5.74) is 0.793. The van der Waals surface area contributed by atoms with Crippen molar-refractivity contribution >= 4 is 26.0 Å². The van der Waals surface area contributed by atoms with E-state index in [9.17, 15) is 8.42 Å². The Morgan fingerprint density at radius 1 is 1.21 bits per heavy atom. The number of halogens is 1. The van der Waals surface area contributed by atoms with Gasteiger partial charge >= 0.3 is 0 Å². The summed E-state index contributed by atoms with van der Waals surface area (Å²) in [6.07, 6.45) is 0. The van der Waals surface area contributed by atoms with Crippen LogP contribution in [0.4, 0.5) is 0 Å².